The summed E-state index contributed by atoms with van der Waals surface area (Å²) in [6, 6.07) is 14.2. The van der Waals surface area contributed by atoms with E-state index in [2.05, 4.69) is 24.0 Å². The lowest BCUT2D eigenvalue weighted by Gasteiger charge is -2.36. The number of amides is 1. The lowest BCUT2D eigenvalue weighted by molar-refractivity contribution is -0.131. The first-order valence-electron chi connectivity index (χ1n) is 12.1. The van der Waals surface area contributed by atoms with E-state index in [0.29, 0.717) is 61.8 Å². The molecule has 4 aromatic rings. The fourth-order valence-corrected chi connectivity index (χ4v) is 4.79. The average Bonchev–Trinajstić information content (AvgIpc) is 3.29. The zero-order valence-corrected chi connectivity index (χ0v) is 20.0. The Balaban J connectivity index is 1.33. The molecule has 9 heteroatoms. The molecule has 182 valence electrons. The van der Waals surface area contributed by atoms with Gasteiger partial charge in [0, 0.05) is 45.6 Å². The number of anilines is 1. The molecule has 0 bridgehead atoms. The SMILES string of the molecule is CC(C)Cn1c(=O)c2ccccc2n2c(CCC(=O)N3CCN(c4ccccc4F)CC3)nnc12. The second-order valence-electron chi connectivity index (χ2n) is 9.40. The number of carbonyl (C=O) groups is 1. The van der Waals surface area contributed by atoms with E-state index >= 15 is 0 Å². The van der Waals surface area contributed by atoms with Gasteiger partial charge in [0.05, 0.1) is 16.6 Å². The standard InChI is InChI=1S/C26H29FN6O2/c1-18(2)17-32-25(35)19-7-3-5-9-21(19)33-23(28-29-26(32)33)11-12-24(34)31-15-13-30(14-16-31)22-10-6-4-8-20(22)27/h3-10,18H,11-17H2,1-2H3. The highest BCUT2D eigenvalue weighted by atomic mass is 19.1. The molecule has 0 atom stereocenters. The van der Waals surface area contributed by atoms with Gasteiger partial charge in [0.2, 0.25) is 11.7 Å². The normalized spacial score (nSPS) is 14.4. The number of hydrogen-bond acceptors (Lipinski definition) is 5. The summed E-state index contributed by atoms with van der Waals surface area (Å²) < 4.78 is 17.7. The van der Waals surface area contributed by atoms with E-state index in [0.717, 1.165) is 5.52 Å². The van der Waals surface area contributed by atoms with Crippen LogP contribution >= 0.6 is 0 Å². The van der Waals surface area contributed by atoms with Crippen LogP contribution in [0.25, 0.3) is 16.7 Å². The molecule has 0 spiro atoms. The van der Waals surface area contributed by atoms with Crippen LogP contribution in [0.15, 0.2) is 53.3 Å². The van der Waals surface area contributed by atoms with Gasteiger partial charge < -0.3 is 9.80 Å². The fraction of sp³-hybridized carbons (Fsp3) is 0.385. The van der Waals surface area contributed by atoms with E-state index < -0.39 is 0 Å². The number of fused-ring (bicyclic) bond motifs is 3. The summed E-state index contributed by atoms with van der Waals surface area (Å²) in [6.45, 7) is 6.92. The summed E-state index contributed by atoms with van der Waals surface area (Å²) >= 11 is 0. The number of piperazine rings is 1. The Morgan fingerprint density at radius 3 is 2.46 bits per heavy atom. The third kappa shape index (κ3) is 4.38. The van der Waals surface area contributed by atoms with E-state index in [-0.39, 0.29) is 29.6 Å². The highest BCUT2D eigenvalue weighted by Gasteiger charge is 2.24. The van der Waals surface area contributed by atoms with Crippen LogP contribution < -0.4 is 10.5 Å². The molecule has 0 unspecified atom stereocenters. The molecular weight excluding hydrogens is 447 g/mol. The van der Waals surface area contributed by atoms with Crippen molar-refractivity contribution in [1.29, 1.82) is 0 Å². The topological polar surface area (TPSA) is 75.7 Å². The summed E-state index contributed by atoms with van der Waals surface area (Å²) in [5.74, 6) is 1.22. The molecule has 0 aliphatic carbocycles. The third-order valence-corrected chi connectivity index (χ3v) is 6.51. The van der Waals surface area contributed by atoms with Crippen molar-refractivity contribution in [3.63, 3.8) is 0 Å². The maximum atomic E-state index is 14.1. The number of rotatable bonds is 6. The van der Waals surface area contributed by atoms with Gasteiger partial charge >= 0.3 is 0 Å². The zero-order valence-electron chi connectivity index (χ0n) is 20.0. The molecule has 3 heterocycles. The van der Waals surface area contributed by atoms with Gasteiger partial charge in [0.15, 0.2) is 0 Å². The Morgan fingerprint density at radius 2 is 1.71 bits per heavy atom. The Morgan fingerprint density at radius 1 is 1.00 bits per heavy atom. The van der Waals surface area contributed by atoms with Gasteiger partial charge in [-0.05, 0) is 30.2 Å². The molecule has 1 fully saturated rings. The van der Waals surface area contributed by atoms with Gasteiger partial charge in [-0.2, -0.15) is 0 Å². The van der Waals surface area contributed by atoms with Crippen molar-refractivity contribution in [2.45, 2.75) is 33.2 Å². The van der Waals surface area contributed by atoms with Crippen molar-refractivity contribution in [2.75, 3.05) is 31.1 Å². The average molecular weight is 477 g/mol. The summed E-state index contributed by atoms with van der Waals surface area (Å²) in [5, 5.41) is 9.31. The van der Waals surface area contributed by atoms with Crippen LogP contribution in [0.3, 0.4) is 0 Å². The van der Waals surface area contributed by atoms with Crippen LogP contribution in [-0.2, 0) is 17.8 Å². The minimum absolute atomic E-state index is 0.0368. The number of para-hydroxylation sites is 2. The molecule has 2 aromatic heterocycles. The number of hydrogen-bond donors (Lipinski definition) is 0. The van der Waals surface area contributed by atoms with Gasteiger partial charge in [-0.15, -0.1) is 10.2 Å². The van der Waals surface area contributed by atoms with Gasteiger partial charge in [-0.25, -0.2) is 4.39 Å². The largest absolute Gasteiger partial charge is 0.366 e. The van der Waals surface area contributed by atoms with Crippen LogP contribution in [0, 0.1) is 11.7 Å². The summed E-state index contributed by atoms with van der Waals surface area (Å²) in [6.07, 6.45) is 0.704. The Bertz CT molecular complexity index is 1440. The van der Waals surface area contributed by atoms with E-state index in [4.69, 9.17) is 0 Å². The molecule has 0 radical (unpaired) electrons. The molecular formula is C26H29FN6O2. The molecule has 35 heavy (non-hydrogen) atoms. The Labute approximate surface area is 202 Å². The third-order valence-electron chi connectivity index (χ3n) is 6.51. The van der Waals surface area contributed by atoms with E-state index in [1.165, 1.54) is 6.07 Å². The monoisotopic (exact) mass is 476 g/mol. The smallest absolute Gasteiger partial charge is 0.262 e. The number of aromatic nitrogens is 4. The molecule has 1 aliphatic rings. The van der Waals surface area contributed by atoms with E-state index in [9.17, 15) is 14.0 Å². The highest BCUT2D eigenvalue weighted by Crippen LogP contribution is 2.21. The lowest BCUT2D eigenvalue weighted by atomic mass is 10.2. The quantitative estimate of drug-likeness (QED) is 0.428. The molecule has 0 saturated carbocycles. The van der Waals surface area contributed by atoms with Crippen molar-refractivity contribution in [2.24, 2.45) is 5.92 Å². The number of halogens is 1. The van der Waals surface area contributed by atoms with Crippen LogP contribution in [0.1, 0.15) is 26.1 Å². The van der Waals surface area contributed by atoms with E-state index in [1.54, 1.807) is 16.7 Å². The van der Waals surface area contributed by atoms with Crippen LogP contribution in [-0.4, -0.2) is 56.2 Å². The summed E-state index contributed by atoms with van der Waals surface area (Å²) in [4.78, 5) is 29.9. The summed E-state index contributed by atoms with van der Waals surface area (Å²) in [7, 11) is 0. The van der Waals surface area contributed by atoms with Gasteiger partial charge in [-0.1, -0.05) is 38.1 Å². The first-order valence-corrected chi connectivity index (χ1v) is 12.1. The van der Waals surface area contributed by atoms with Crippen LogP contribution in [0.5, 0.6) is 0 Å². The minimum atomic E-state index is -0.242. The maximum Gasteiger partial charge on any atom is 0.262 e. The first kappa shape index (κ1) is 23.0. The molecule has 5 rings (SSSR count). The number of nitrogens with zero attached hydrogens (tertiary/aromatic N) is 6. The van der Waals surface area contributed by atoms with Crippen molar-refractivity contribution in [3.05, 3.63) is 70.5 Å². The molecule has 2 aromatic carbocycles. The molecule has 1 saturated heterocycles. The zero-order chi connectivity index (χ0) is 24.5. The summed E-state index contributed by atoms with van der Waals surface area (Å²) in [5.41, 5.74) is 1.25. The molecule has 1 amide bonds. The van der Waals surface area contributed by atoms with Crippen molar-refractivity contribution < 1.29 is 9.18 Å². The lowest BCUT2D eigenvalue weighted by Crippen LogP contribution is -2.49. The predicted octanol–water partition coefficient (Wildman–Crippen LogP) is 3.12. The fourth-order valence-electron chi connectivity index (χ4n) is 4.79. The first-order chi connectivity index (χ1) is 16.9. The Kier molecular flexibility index (Phi) is 6.23. The second kappa shape index (κ2) is 9.48. The second-order valence-corrected chi connectivity index (χ2v) is 9.40. The predicted molar refractivity (Wildman–Crippen MR) is 133 cm³/mol. The van der Waals surface area contributed by atoms with Crippen molar-refractivity contribution >= 4 is 28.3 Å². The number of aryl methyl sites for hydroxylation is 1. The van der Waals surface area contributed by atoms with Gasteiger partial charge in [-0.3, -0.25) is 18.6 Å². The van der Waals surface area contributed by atoms with Gasteiger partial charge in [0.1, 0.15) is 11.6 Å². The maximum absolute atomic E-state index is 14.1. The molecule has 1 aliphatic heterocycles. The molecule has 0 N–H and O–H groups in total. The van der Waals surface area contributed by atoms with Crippen molar-refractivity contribution in [1.82, 2.24) is 24.1 Å². The Hall–Kier alpha value is -3.75. The van der Waals surface area contributed by atoms with Crippen LogP contribution in [0.4, 0.5) is 10.1 Å². The minimum Gasteiger partial charge on any atom is -0.366 e. The van der Waals surface area contributed by atoms with Gasteiger partial charge in [0.25, 0.3) is 5.56 Å². The van der Waals surface area contributed by atoms with E-state index in [1.807, 2.05) is 44.5 Å². The van der Waals surface area contributed by atoms with Crippen molar-refractivity contribution in [3.8, 4) is 0 Å². The highest BCUT2D eigenvalue weighted by molar-refractivity contribution is 5.80. The van der Waals surface area contributed by atoms with Crippen LogP contribution in [0.2, 0.25) is 0 Å². The number of carbonyl (C=O) groups excluding carboxylic acids is 1. The molecule has 8 nitrogen and oxygen atoms in total. The number of benzene rings is 2.